The molecule has 0 spiro atoms. The van der Waals surface area contributed by atoms with Crippen LogP contribution in [0.2, 0.25) is 0 Å². The minimum Gasteiger partial charge on any atom is -0.401 e. The predicted molar refractivity (Wildman–Crippen MR) is 59.8 cm³/mol. The molecule has 0 fully saturated rings. The molecule has 0 radical (unpaired) electrons. The van der Waals surface area contributed by atoms with Crippen molar-refractivity contribution in [2.75, 3.05) is 0 Å². The normalized spacial score (nSPS) is 10.1. The van der Waals surface area contributed by atoms with E-state index in [1.54, 1.807) is 25.5 Å². The summed E-state index contributed by atoms with van der Waals surface area (Å²) in [6.07, 6.45) is 4.73. The molecule has 0 saturated heterocycles. The van der Waals surface area contributed by atoms with Gasteiger partial charge in [-0.25, -0.2) is 9.78 Å². The van der Waals surface area contributed by atoms with Crippen molar-refractivity contribution in [1.82, 2.24) is 15.0 Å². The summed E-state index contributed by atoms with van der Waals surface area (Å²) in [5.41, 5.74) is 0.351. The minimum atomic E-state index is -0.877. The van der Waals surface area contributed by atoms with E-state index in [9.17, 15) is 4.79 Å². The van der Waals surface area contributed by atoms with Crippen LogP contribution in [0.15, 0.2) is 18.6 Å². The zero-order valence-corrected chi connectivity index (χ0v) is 9.75. The second-order valence-corrected chi connectivity index (χ2v) is 4.09. The van der Waals surface area contributed by atoms with Gasteiger partial charge < -0.3 is 4.74 Å². The first-order chi connectivity index (χ1) is 7.66. The highest BCUT2D eigenvalue weighted by atomic mass is 35.5. The highest BCUT2D eigenvalue weighted by Crippen LogP contribution is 2.32. The molecule has 0 aliphatic carbocycles. The molecular weight excluding hydrogens is 250 g/mol. The molecule has 2 aromatic rings. The average molecular weight is 256 g/mol. The van der Waals surface area contributed by atoms with Gasteiger partial charge >= 0.3 is 5.43 Å². The topological polar surface area (TPSA) is 65.0 Å². The van der Waals surface area contributed by atoms with Crippen molar-refractivity contribution in [3.05, 3.63) is 24.3 Å². The lowest BCUT2D eigenvalue weighted by Gasteiger charge is -1.93. The van der Waals surface area contributed by atoms with Crippen LogP contribution < -0.4 is 4.74 Å². The van der Waals surface area contributed by atoms with Gasteiger partial charge in [-0.3, -0.25) is 9.97 Å². The largest absolute Gasteiger partial charge is 0.410 e. The highest BCUT2D eigenvalue weighted by molar-refractivity contribution is 7.17. The molecule has 0 aliphatic rings. The van der Waals surface area contributed by atoms with Crippen molar-refractivity contribution >= 4 is 28.4 Å². The van der Waals surface area contributed by atoms with Crippen LogP contribution in [-0.2, 0) is 0 Å². The zero-order valence-electron chi connectivity index (χ0n) is 8.18. The number of ether oxygens (including phenoxy) is 1. The number of carbonyl (C=O) groups is 1. The summed E-state index contributed by atoms with van der Waals surface area (Å²) in [4.78, 5) is 22.8. The molecule has 0 aliphatic heterocycles. The maximum Gasteiger partial charge on any atom is 0.410 e. The first-order valence-corrected chi connectivity index (χ1v) is 5.47. The van der Waals surface area contributed by atoms with Gasteiger partial charge in [-0.1, -0.05) is 11.3 Å². The van der Waals surface area contributed by atoms with Crippen LogP contribution in [0.1, 0.15) is 5.69 Å². The second-order valence-electron chi connectivity index (χ2n) is 2.82. The Labute approximate surface area is 100 Å². The molecule has 0 N–H and O–H groups in total. The smallest absolute Gasteiger partial charge is 0.401 e. The van der Waals surface area contributed by atoms with Crippen LogP contribution >= 0.6 is 22.9 Å². The van der Waals surface area contributed by atoms with Gasteiger partial charge in [0.2, 0.25) is 5.06 Å². The Balaban J connectivity index is 2.34. The molecule has 0 amide bonds. The third kappa shape index (κ3) is 2.34. The maximum atomic E-state index is 10.6. The molecule has 0 aromatic carbocycles. The number of hydrogen-bond acceptors (Lipinski definition) is 6. The van der Waals surface area contributed by atoms with Crippen molar-refractivity contribution < 1.29 is 9.53 Å². The summed E-state index contributed by atoms with van der Waals surface area (Å²) in [5.74, 6) is 0. The summed E-state index contributed by atoms with van der Waals surface area (Å²) in [6, 6.07) is 0. The summed E-state index contributed by atoms with van der Waals surface area (Å²) in [5, 5.41) is 1.01. The van der Waals surface area contributed by atoms with Crippen molar-refractivity contribution in [3.63, 3.8) is 0 Å². The van der Waals surface area contributed by atoms with Gasteiger partial charge in [0.05, 0.1) is 11.9 Å². The van der Waals surface area contributed by atoms with Crippen LogP contribution in [0.25, 0.3) is 10.7 Å². The lowest BCUT2D eigenvalue weighted by molar-refractivity contribution is 0.226. The van der Waals surface area contributed by atoms with E-state index in [1.165, 1.54) is 11.3 Å². The Morgan fingerprint density at radius 1 is 1.50 bits per heavy atom. The van der Waals surface area contributed by atoms with Crippen LogP contribution in [0.4, 0.5) is 4.79 Å². The van der Waals surface area contributed by atoms with Gasteiger partial charge in [-0.05, 0) is 6.92 Å². The fraction of sp³-hybridized carbons (Fsp3) is 0.111. The summed E-state index contributed by atoms with van der Waals surface area (Å²) in [6.45, 7) is 1.73. The average Bonchev–Trinajstić information content (AvgIpc) is 2.61. The van der Waals surface area contributed by atoms with Crippen LogP contribution in [0, 0.1) is 6.92 Å². The van der Waals surface area contributed by atoms with E-state index in [0.717, 1.165) is 0 Å². The van der Waals surface area contributed by atoms with Gasteiger partial charge in [0.15, 0.2) is 0 Å². The SMILES string of the molecule is Cc1nc(-c2cnccn2)sc1OC(=O)Cl. The fourth-order valence-corrected chi connectivity index (χ4v) is 2.07. The predicted octanol–water partition coefficient (Wildman–Crippen LogP) is 2.65. The first-order valence-electron chi connectivity index (χ1n) is 4.28. The maximum absolute atomic E-state index is 10.6. The van der Waals surface area contributed by atoms with E-state index >= 15 is 0 Å². The molecule has 2 heterocycles. The molecule has 16 heavy (non-hydrogen) atoms. The standard InChI is InChI=1S/C9H6ClN3O2S/c1-5-8(15-9(10)14)16-7(13-5)6-4-11-2-3-12-6/h2-4H,1H3. The second kappa shape index (κ2) is 4.54. The summed E-state index contributed by atoms with van der Waals surface area (Å²) >= 11 is 6.33. The molecule has 0 saturated carbocycles. The van der Waals surface area contributed by atoms with E-state index in [1.807, 2.05) is 0 Å². The van der Waals surface area contributed by atoms with Crippen LogP contribution in [0.5, 0.6) is 5.06 Å². The first kappa shape index (κ1) is 11.0. The molecular formula is C9H6ClN3O2S. The summed E-state index contributed by atoms with van der Waals surface area (Å²) in [7, 11) is 0. The van der Waals surface area contributed by atoms with E-state index in [4.69, 9.17) is 16.3 Å². The molecule has 7 heteroatoms. The molecule has 0 bridgehead atoms. The Morgan fingerprint density at radius 3 is 2.94 bits per heavy atom. The zero-order chi connectivity index (χ0) is 11.5. The third-order valence-electron chi connectivity index (χ3n) is 1.71. The van der Waals surface area contributed by atoms with Crippen molar-refractivity contribution in [2.24, 2.45) is 0 Å². The van der Waals surface area contributed by atoms with Gasteiger partial charge in [0, 0.05) is 24.0 Å². The van der Waals surface area contributed by atoms with Gasteiger partial charge in [-0.2, -0.15) is 0 Å². The van der Waals surface area contributed by atoms with Crippen LogP contribution in [-0.4, -0.2) is 20.4 Å². The number of carbonyl (C=O) groups excluding carboxylic acids is 1. The number of thiazole rings is 1. The summed E-state index contributed by atoms with van der Waals surface area (Å²) < 4.78 is 4.78. The quantitative estimate of drug-likeness (QED) is 0.772. The third-order valence-corrected chi connectivity index (χ3v) is 2.84. The van der Waals surface area contributed by atoms with E-state index in [-0.39, 0.29) is 0 Å². The molecule has 0 unspecified atom stereocenters. The van der Waals surface area contributed by atoms with E-state index in [0.29, 0.717) is 21.5 Å². The fourth-order valence-electron chi connectivity index (χ4n) is 1.07. The number of aryl methyl sites for hydroxylation is 1. The Bertz CT molecular complexity index is 515. The Morgan fingerprint density at radius 2 is 2.31 bits per heavy atom. The van der Waals surface area contributed by atoms with E-state index < -0.39 is 5.43 Å². The molecule has 5 nitrogen and oxygen atoms in total. The van der Waals surface area contributed by atoms with Gasteiger partial charge in [0.1, 0.15) is 10.7 Å². The number of rotatable bonds is 2. The minimum absolute atomic E-state index is 0.376. The molecule has 82 valence electrons. The van der Waals surface area contributed by atoms with Gasteiger partial charge in [0.25, 0.3) is 0 Å². The highest BCUT2D eigenvalue weighted by Gasteiger charge is 2.13. The van der Waals surface area contributed by atoms with E-state index in [2.05, 4.69) is 15.0 Å². The monoisotopic (exact) mass is 255 g/mol. The lowest BCUT2D eigenvalue weighted by Crippen LogP contribution is -1.94. The van der Waals surface area contributed by atoms with Crippen molar-refractivity contribution in [1.29, 1.82) is 0 Å². The molecule has 0 atom stereocenters. The number of hydrogen-bond donors (Lipinski definition) is 0. The van der Waals surface area contributed by atoms with Gasteiger partial charge in [-0.15, -0.1) is 0 Å². The van der Waals surface area contributed by atoms with Crippen LogP contribution in [0.3, 0.4) is 0 Å². The Kier molecular flexibility index (Phi) is 3.12. The number of aromatic nitrogens is 3. The Hall–Kier alpha value is -1.53. The number of halogens is 1. The number of nitrogens with zero attached hydrogens (tertiary/aromatic N) is 3. The van der Waals surface area contributed by atoms with Crippen molar-refractivity contribution in [2.45, 2.75) is 6.92 Å². The van der Waals surface area contributed by atoms with Crippen molar-refractivity contribution in [3.8, 4) is 15.8 Å². The molecule has 2 aromatic heterocycles. The lowest BCUT2D eigenvalue weighted by atomic mass is 10.4. The molecule has 2 rings (SSSR count).